The number of nitro groups is 1. The lowest BCUT2D eigenvalue weighted by Crippen LogP contribution is -2.26. The van der Waals surface area contributed by atoms with E-state index in [0.29, 0.717) is 6.54 Å². The Hall–Kier alpha value is -2.41. The van der Waals surface area contributed by atoms with Gasteiger partial charge in [0.15, 0.2) is 0 Å². The second-order valence-electron chi connectivity index (χ2n) is 4.22. The van der Waals surface area contributed by atoms with Gasteiger partial charge in [0.2, 0.25) is 5.75 Å². The van der Waals surface area contributed by atoms with Crippen molar-refractivity contribution in [3.63, 3.8) is 0 Å². The second-order valence-corrected chi connectivity index (χ2v) is 5.00. The van der Waals surface area contributed by atoms with Gasteiger partial charge >= 0.3 is 5.69 Å². The smallest absolute Gasteiger partial charge is 0.311 e. The molecule has 1 N–H and O–H groups in total. The van der Waals surface area contributed by atoms with Gasteiger partial charge in [0.05, 0.1) is 10.5 Å². The van der Waals surface area contributed by atoms with Crippen LogP contribution in [0.25, 0.3) is 0 Å². The molecule has 104 valence electrons. The lowest BCUT2D eigenvalue weighted by atomic mass is 10.1. The number of hydrogen-bond donors (Lipinski definition) is 1. The molecule has 0 atom stereocenters. The molecule has 1 amide bonds. The highest BCUT2D eigenvalue weighted by Gasteiger charge is 2.23. The van der Waals surface area contributed by atoms with Gasteiger partial charge in [-0.05, 0) is 28.5 Å². The molecule has 0 saturated carbocycles. The number of benzene rings is 1. The van der Waals surface area contributed by atoms with E-state index in [1.165, 1.54) is 28.4 Å². The summed E-state index contributed by atoms with van der Waals surface area (Å²) in [5.41, 5.74) is 0.424. The fraction of sp³-hybridized carbons (Fsp3) is 0.154. The van der Waals surface area contributed by atoms with Gasteiger partial charge in [-0.2, -0.15) is 11.3 Å². The zero-order valence-electron chi connectivity index (χ0n) is 10.6. The Balaban J connectivity index is 2.25. The topological polar surface area (TPSA) is 83.7 Å². The van der Waals surface area contributed by atoms with E-state index in [-0.39, 0.29) is 5.56 Å². The number of rotatable bonds is 4. The normalized spacial score (nSPS) is 10.2. The standard InChI is InChI=1S/C13H12N2O4S/c1-14(7-9-5-6-20-8-9)13(17)10-3-2-4-11(12(10)16)15(18)19/h2-6,8,16H,7H2,1H3. The van der Waals surface area contributed by atoms with Gasteiger partial charge in [-0.15, -0.1) is 0 Å². The first-order chi connectivity index (χ1) is 9.50. The fourth-order valence-electron chi connectivity index (χ4n) is 1.79. The third-order valence-corrected chi connectivity index (χ3v) is 3.52. The predicted octanol–water partition coefficient (Wildman–Crippen LogP) is 2.63. The summed E-state index contributed by atoms with van der Waals surface area (Å²) in [7, 11) is 1.58. The zero-order valence-corrected chi connectivity index (χ0v) is 11.5. The Bertz CT molecular complexity index is 640. The summed E-state index contributed by atoms with van der Waals surface area (Å²) in [6.07, 6.45) is 0. The number of phenols is 1. The number of amides is 1. The fourth-order valence-corrected chi connectivity index (χ4v) is 2.44. The number of carbonyl (C=O) groups excluding carboxylic acids is 1. The number of carbonyl (C=O) groups is 1. The summed E-state index contributed by atoms with van der Waals surface area (Å²) in [5.74, 6) is -1.06. The minimum Gasteiger partial charge on any atom is -0.502 e. The molecule has 0 fully saturated rings. The van der Waals surface area contributed by atoms with Crippen molar-refractivity contribution in [3.05, 3.63) is 56.3 Å². The maximum atomic E-state index is 12.2. The Morgan fingerprint density at radius 3 is 2.80 bits per heavy atom. The maximum absolute atomic E-state index is 12.2. The number of nitro benzene ring substituents is 1. The highest BCUT2D eigenvalue weighted by Crippen LogP contribution is 2.30. The Kier molecular flexibility index (Phi) is 3.99. The van der Waals surface area contributed by atoms with E-state index >= 15 is 0 Å². The summed E-state index contributed by atoms with van der Waals surface area (Å²) >= 11 is 1.52. The molecule has 0 bridgehead atoms. The van der Waals surface area contributed by atoms with Crippen molar-refractivity contribution in [2.45, 2.75) is 6.54 Å². The largest absolute Gasteiger partial charge is 0.502 e. The Labute approximate surface area is 119 Å². The van der Waals surface area contributed by atoms with Crippen LogP contribution >= 0.6 is 11.3 Å². The van der Waals surface area contributed by atoms with Crippen LogP contribution in [0.4, 0.5) is 5.69 Å². The number of nitrogens with zero attached hydrogens (tertiary/aromatic N) is 2. The quantitative estimate of drug-likeness (QED) is 0.693. The SMILES string of the molecule is CN(Cc1ccsc1)C(=O)c1cccc([N+](=O)[O-])c1O. The van der Waals surface area contributed by atoms with Crippen LogP contribution in [0.15, 0.2) is 35.0 Å². The van der Waals surface area contributed by atoms with Crippen molar-refractivity contribution in [2.24, 2.45) is 0 Å². The first kappa shape index (κ1) is 14.0. The van der Waals surface area contributed by atoms with Crippen LogP contribution < -0.4 is 0 Å². The molecule has 0 aliphatic heterocycles. The molecule has 1 heterocycles. The van der Waals surface area contributed by atoms with Gasteiger partial charge in [0.25, 0.3) is 5.91 Å². The minimum absolute atomic E-state index is 0.0723. The molecule has 6 nitrogen and oxygen atoms in total. The van der Waals surface area contributed by atoms with Crippen LogP contribution in [0, 0.1) is 10.1 Å². The Morgan fingerprint density at radius 1 is 1.45 bits per heavy atom. The Morgan fingerprint density at radius 2 is 2.20 bits per heavy atom. The van der Waals surface area contributed by atoms with Gasteiger partial charge in [0.1, 0.15) is 0 Å². The van der Waals surface area contributed by atoms with E-state index in [1.807, 2.05) is 16.8 Å². The molecule has 1 aromatic carbocycles. The van der Waals surface area contributed by atoms with Crippen molar-refractivity contribution in [1.82, 2.24) is 4.90 Å². The number of para-hydroxylation sites is 1. The molecule has 0 aliphatic rings. The van der Waals surface area contributed by atoms with Gasteiger partial charge < -0.3 is 10.0 Å². The van der Waals surface area contributed by atoms with Crippen LogP contribution in [0.3, 0.4) is 0 Å². The second kappa shape index (κ2) is 5.70. The summed E-state index contributed by atoms with van der Waals surface area (Å²) in [5, 5.41) is 24.4. The molecule has 1 aromatic heterocycles. The number of hydrogen-bond acceptors (Lipinski definition) is 5. The third-order valence-electron chi connectivity index (χ3n) is 2.79. The summed E-state index contributed by atoms with van der Waals surface area (Å²) in [6.45, 7) is 0.379. The summed E-state index contributed by atoms with van der Waals surface area (Å²) in [6, 6.07) is 5.80. The van der Waals surface area contributed by atoms with E-state index in [9.17, 15) is 20.0 Å². The van der Waals surface area contributed by atoms with Crippen LogP contribution in [0.5, 0.6) is 5.75 Å². The molecule has 0 spiro atoms. The van der Waals surface area contributed by atoms with E-state index < -0.39 is 22.3 Å². The van der Waals surface area contributed by atoms with Crippen LogP contribution in [0.2, 0.25) is 0 Å². The van der Waals surface area contributed by atoms with Gasteiger partial charge in [-0.1, -0.05) is 6.07 Å². The highest BCUT2D eigenvalue weighted by molar-refractivity contribution is 7.07. The van der Waals surface area contributed by atoms with E-state index in [4.69, 9.17) is 0 Å². The van der Waals surface area contributed by atoms with Gasteiger partial charge in [-0.25, -0.2) is 0 Å². The third kappa shape index (κ3) is 2.77. The monoisotopic (exact) mass is 292 g/mol. The van der Waals surface area contributed by atoms with Crippen molar-refractivity contribution in [2.75, 3.05) is 7.05 Å². The molecule has 0 radical (unpaired) electrons. The summed E-state index contributed by atoms with van der Waals surface area (Å²) in [4.78, 5) is 23.6. The van der Waals surface area contributed by atoms with Crippen molar-refractivity contribution >= 4 is 22.9 Å². The molecule has 2 rings (SSSR count). The lowest BCUT2D eigenvalue weighted by Gasteiger charge is -2.17. The van der Waals surface area contributed by atoms with Crippen LogP contribution in [0.1, 0.15) is 15.9 Å². The number of thiophene rings is 1. The van der Waals surface area contributed by atoms with E-state index in [0.717, 1.165) is 11.6 Å². The molecular formula is C13H12N2O4S. The van der Waals surface area contributed by atoms with E-state index in [1.54, 1.807) is 7.05 Å². The van der Waals surface area contributed by atoms with E-state index in [2.05, 4.69) is 0 Å². The predicted molar refractivity (Wildman–Crippen MR) is 74.9 cm³/mol. The van der Waals surface area contributed by atoms with Crippen molar-refractivity contribution in [3.8, 4) is 5.75 Å². The average Bonchev–Trinajstić information content (AvgIpc) is 2.90. The molecule has 0 saturated heterocycles. The summed E-state index contributed by atoms with van der Waals surface area (Å²) < 4.78 is 0. The average molecular weight is 292 g/mol. The first-order valence-corrected chi connectivity index (χ1v) is 6.68. The first-order valence-electron chi connectivity index (χ1n) is 5.73. The lowest BCUT2D eigenvalue weighted by molar-refractivity contribution is -0.385. The molecule has 7 heteroatoms. The van der Waals surface area contributed by atoms with Gasteiger partial charge in [0, 0.05) is 19.7 Å². The molecule has 2 aromatic rings. The molecule has 20 heavy (non-hydrogen) atoms. The van der Waals surface area contributed by atoms with Crippen LogP contribution in [-0.4, -0.2) is 27.9 Å². The number of phenolic OH excluding ortho intramolecular Hbond substituents is 1. The van der Waals surface area contributed by atoms with Gasteiger partial charge in [-0.3, -0.25) is 14.9 Å². The maximum Gasteiger partial charge on any atom is 0.311 e. The minimum atomic E-state index is -0.717. The van der Waals surface area contributed by atoms with Crippen molar-refractivity contribution < 1.29 is 14.8 Å². The van der Waals surface area contributed by atoms with Crippen LogP contribution in [-0.2, 0) is 6.54 Å². The molecule has 0 aliphatic carbocycles. The highest BCUT2D eigenvalue weighted by atomic mass is 32.1. The van der Waals surface area contributed by atoms with Crippen molar-refractivity contribution in [1.29, 1.82) is 0 Å². The zero-order chi connectivity index (χ0) is 14.7. The molecule has 0 unspecified atom stereocenters. The molecular weight excluding hydrogens is 280 g/mol. The number of aromatic hydroxyl groups is 1.